The van der Waals surface area contributed by atoms with Gasteiger partial charge >= 0.3 is 5.97 Å². The molecule has 1 aliphatic rings. The van der Waals surface area contributed by atoms with Gasteiger partial charge in [0, 0.05) is 16.7 Å². The second kappa shape index (κ2) is 5.86. The smallest absolute Gasteiger partial charge is 0.364 e. The van der Waals surface area contributed by atoms with Crippen molar-refractivity contribution in [1.29, 1.82) is 0 Å². The number of hydrogen-bond acceptors (Lipinski definition) is 5. The molecule has 3 aromatic rings. The van der Waals surface area contributed by atoms with Gasteiger partial charge in [0.1, 0.15) is 11.5 Å². The van der Waals surface area contributed by atoms with Gasteiger partial charge in [0.2, 0.25) is 0 Å². The second-order valence-corrected chi connectivity index (χ2v) is 5.46. The molecule has 0 fully saturated rings. The highest BCUT2D eigenvalue weighted by Crippen LogP contribution is 2.27. The molecular formula is C18H10ClNO4. The Balaban J connectivity index is 1.63. The fraction of sp³-hybridized carbons (Fsp3) is 0. The summed E-state index contributed by atoms with van der Waals surface area (Å²) < 4.78 is 16.0. The number of halogens is 1. The fourth-order valence-electron chi connectivity index (χ4n) is 2.28. The molecule has 118 valence electrons. The molecule has 0 saturated heterocycles. The lowest BCUT2D eigenvalue weighted by atomic mass is 10.2. The van der Waals surface area contributed by atoms with Gasteiger partial charge in [0.25, 0.3) is 5.90 Å². The molecule has 0 atom stereocenters. The van der Waals surface area contributed by atoms with Crippen LogP contribution >= 0.6 is 11.6 Å². The van der Waals surface area contributed by atoms with E-state index in [-0.39, 0.29) is 11.6 Å². The Morgan fingerprint density at radius 2 is 1.96 bits per heavy atom. The summed E-state index contributed by atoms with van der Waals surface area (Å²) in [5.74, 6) is 1.11. The highest BCUT2D eigenvalue weighted by atomic mass is 35.5. The van der Waals surface area contributed by atoms with Crippen LogP contribution in [0.15, 0.2) is 74.3 Å². The minimum Gasteiger partial charge on any atom is -0.459 e. The van der Waals surface area contributed by atoms with Gasteiger partial charge < -0.3 is 13.6 Å². The Hall–Kier alpha value is -3.05. The maximum Gasteiger partial charge on any atom is 0.364 e. The predicted octanol–water partition coefficient (Wildman–Crippen LogP) is 4.54. The quantitative estimate of drug-likeness (QED) is 0.519. The zero-order valence-corrected chi connectivity index (χ0v) is 13.0. The van der Waals surface area contributed by atoms with Gasteiger partial charge in [-0.25, -0.2) is 9.79 Å². The summed E-state index contributed by atoms with van der Waals surface area (Å²) in [5.41, 5.74) is 0.995. The third-order valence-electron chi connectivity index (χ3n) is 3.37. The number of furan rings is 2. The molecule has 5 nitrogen and oxygen atoms in total. The summed E-state index contributed by atoms with van der Waals surface area (Å²) in [4.78, 5) is 16.0. The van der Waals surface area contributed by atoms with Crippen molar-refractivity contribution in [2.24, 2.45) is 4.99 Å². The number of cyclic esters (lactones) is 1. The number of benzene rings is 1. The van der Waals surface area contributed by atoms with Gasteiger partial charge in [-0.3, -0.25) is 0 Å². The van der Waals surface area contributed by atoms with E-state index in [1.165, 1.54) is 12.3 Å². The van der Waals surface area contributed by atoms with E-state index in [0.29, 0.717) is 22.3 Å². The van der Waals surface area contributed by atoms with Crippen LogP contribution in [-0.2, 0) is 9.53 Å². The Kier molecular flexibility index (Phi) is 3.55. The third-order valence-corrected chi connectivity index (χ3v) is 3.60. The molecule has 2 aromatic heterocycles. The van der Waals surface area contributed by atoms with E-state index in [4.69, 9.17) is 25.2 Å². The number of carbonyl (C=O) groups is 1. The van der Waals surface area contributed by atoms with Crippen LogP contribution in [0.1, 0.15) is 11.5 Å². The summed E-state index contributed by atoms with van der Waals surface area (Å²) in [6.45, 7) is 0. The van der Waals surface area contributed by atoms with Gasteiger partial charge in [-0.15, -0.1) is 0 Å². The van der Waals surface area contributed by atoms with Crippen molar-refractivity contribution in [3.05, 3.63) is 77.0 Å². The Morgan fingerprint density at radius 3 is 2.75 bits per heavy atom. The zero-order chi connectivity index (χ0) is 16.5. The van der Waals surface area contributed by atoms with E-state index < -0.39 is 5.97 Å². The summed E-state index contributed by atoms with van der Waals surface area (Å²) in [6.07, 6.45) is 3.00. The molecular weight excluding hydrogens is 330 g/mol. The number of aliphatic imine (C=N–C) groups is 1. The molecule has 3 heterocycles. The lowest BCUT2D eigenvalue weighted by Crippen LogP contribution is -2.04. The lowest BCUT2D eigenvalue weighted by Gasteiger charge is -1.97. The van der Waals surface area contributed by atoms with Crippen LogP contribution < -0.4 is 0 Å². The summed E-state index contributed by atoms with van der Waals surface area (Å²) in [6, 6.07) is 14.2. The van der Waals surface area contributed by atoms with Gasteiger partial charge in [-0.2, -0.15) is 0 Å². The number of rotatable bonds is 3. The average Bonchev–Trinajstić information content (AvgIpc) is 3.30. The molecule has 24 heavy (non-hydrogen) atoms. The first-order valence-electron chi connectivity index (χ1n) is 7.11. The van der Waals surface area contributed by atoms with Crippen LogP contribution in [0, 0.1) is 0 Å². The summed E-state index contributed by atoms with van der Waals surface area (Å²) >= 11 is 5.98. The van der Waals surface area contributed by atoms with Crippen LogP contribution in [0.25, 0.3) is 17.4 Å². The zero-order valence-electron chi connectivity index (χ0n) is 12.2. The maximum absolute atomic E-state index is 11.9. The summed E-state index contributed by atoms with van der Waals surface area (Å²) in [7, 11) is 0. The maximum atomic E-state index is 11.9. The Bertz CT molecular complexity index is 967. The highest BCUT2D eigenvalue weighted by molar-refractivity contribution is 6.30. The van der Waals surface area contributed by atoms with Crippen molar-refractivity contribution in [3.63, 3.8) is 0 Å². The second-order valence-electron chi connectivity index (χ2n) is 5.03. The number of carbonyl (C=O) groups excluding carboxylic acids is 1. The molecule has 0 bridgehead atoms. The van der Waals surface area contributed by atoms with E-state index in [1.54, 1.807) is 36.4 Å². The number of nitrogens with zero attached hydrogens (tertiary/aromatic N) is 1. The minimum atomic E-state index is -0.554. The predicted molar refractivity (Wildman–Crippen MR) is 88.5 cm³/mol. The van der Waals surface area contributed by atoms with E-state index in [0.717, 1.165) is 5.56 Å². The molecule has 6 heteroatoms. The van der Waals surface area contributed by atoms with Gasteiger partial charge in [-0.1, -0.05) is 23.7 Å². The molecule has 1 aliphatic heterocycles. The monoisotopic (exact) mass is 339 g/mol. The molecule has 0 unspecified atom stereocenters. The normalized spacial score (nSPS) is 15.6. The lowest BCUT2D eigenvalue weighted by molar-refractivity contribution is -0.130. The van der Waals surface area contributed by atoms with Crippen molar-refractivity contribution < 1.29 is 18.4 Å². The van der Waals surface area contributed by atoms with E-state index in [9.17, 15) is 4.79 Å². The topological polar surface area (TPSA) is 64.9 Å². The van der Waals surface area contributed by atoms with Crippen molar-refractivity contribution in [2.75, 3.05) is 0 Å². The minimum absolute atomic E-state index is 0.137. The first-order valence-corrected chi connectivity index (χ1v) is 7.49. The van der Waals surface area contributed by atoms with Crippen LogP contribution in [-0.4, -0.2) is 11.9 Å². The van der Waals surface area contributed by atoms with Crippen LogP contribution in [0.3, 0.4) is 0 Å². The molecule has 0 spiro atoms. The first kappa shape index (κ1) is 14.5. The number of hydrogen-bond donors (Lipinski definition) is 0. The van der Waals surface area contributed by atoms with Crippen LogP contribution in [0.5, 0.6) is 0 Å². The molecule has 0 amide bonds. The first-order chi connectivity index (χ1) is 11.7. The van der Waals surface area contributed by atoms with Crippen molar-refractivity contribution in [3.8, 4) is 11.3 Å². The van der Waals surface area contributed by atoms with E-state index >= 15 is 0 Å². The van der Waals surface area contributed by atoms with E-state index in [1.807, 2.05) is 12.1 Å². The SMILES string of the molecule is O=C1OC(c2ccco2)=N/C1=C\c1ccc(-c2cccc(Cl)c2)o1. The molecule has 0 aliphatic carbocycles. The molecule has 1 aromatic carbocycles. The van der Waals surface area contributed by atoms with Crippen molar-refractivity contribution >= 4 is 29.5 Å². The number of esters is 1. The molecule has 0 radical (unpaired) electrons. The average molecular weight is 340 g/mol. The molecule has 4 rings (SSSR count). The Labute approximate surface area is 141 Å². The summed E-state index contributed by atoms with van der Waals surface area (Å²) in [5, 5.41) is 0.621. The Morgan fingerprint density at radius 1 is 1.04 bits per heavy atom. The van der Waals surface area contributed by atoms with Crippen molar-refractivity contribution in [1.82, 2.24) is 0 Å². The van der Waals surface area contributed by atoms with Crippen LogP contribution in [0.2, 0.25) is 5.02 Å². The van der Waals surface area contributed by atoms with Gasteiger partial charge in [-0.05, 0) is 36.4 Å². The third kappa shape index (κ3) is 2.77. The van der Waals surface area contributed by atoms with Crippen LogP contribution in [0.4, 0.5) is 0 Å². The fourth-order valence-corrected chi connectivity index (χ4v) is 2.47. The number of ether oxygens (including phenoxy) is 1. The van der Waals surface area contributed by atoms with Gasteiger partial charge in [0.05, 0.1) is 6.26 Å². The van der Waals surface area contributed by atoms with Crippen molar-refractivity contribution in [2.45, 2.75) is 0 Å². The largest absolute Gasteiger partial charge is 0.459 e. The molecule has 0 N–H and O–H groups in total. The highest BCUT2D eigenvalue weighted by Gasteiger charge is 2.26. The molecule has 0 saturated carbocycles. The van der Waals surface area contributed by atoms with Gasteiger partial charge in [0.15, 0.2) is 11.5 Å². The van der Waals surface area contributed by atoms with E-state index in [2.05, 4.69) is 4.99 Å². The standard InChI is InChI=1S/C18H10ClNO4/c19-12-4-1-3-11(9-12)15-7-6-13(23-15)10-14-18(21)24-17(20-14)16-5-2-8-22-16/h1-10H/b14-10-.